The Morgan fingerprint density at radius 2 is 2.13 bits per heavy atom. The Kier molecular flexibility index (Phi) is 3.59. The number of hydrogen-bond donors (Lipinski definition) is 0. The van der Waals surface area contributed by atoms with Crippen molar-refractivity contribution in [3.05, 3.63) is 30.2 Å². The molecule has 2 aromatic heterocycles. The molecule has 23 heavy (non-hydrogen) atoms. The zero-order valence-corrected chi connectivity index (χ0v) is 13.4. The number of carbonyl (C=O) groups is 1. The van der Waals surface area contributed by atoms with Crippen molar-refractivity contribution in [1.82, 2.24) is 19.7 Å². The van der Waals surface area contributed by atoms with E-state index in [0.29, 0.717) is 24.2 Å². The van der Waals surface area contributed by atoms with Crippen LogP contribution in [0.15, 0.2) is 24.7 Å². The summed E-state index contributed by atoms with van der Waals surface area (Å²) in [6.45, 7) is 2.09. The molecule has 0 bridgehead atoms. The smallest absolute Gasteiger partial charge is 0.252 e. The van der Waals surface area contributed by atoms with Gasteiger partial charge < -0.3 is 4.90 Å². The van der Waals surface area contributed by atoms with Crippen LogP contribution < -0.4 is 4.90 Å². The molecule has 0 radical (unpaired) electrons. The molecule has 0 amide bonds. The second-order valence-electron chi connectivity index (χ2n) is 6.38. The molecule has 2 aliphatic rings. The van der Waals surface area contributed by atoms with E-state index >= 15 is 0 Å². The Labute approximate surface area is 135 Å². The van der Waals surface area contributed by atoms with Crippen molar-refractivity contribution >= 4 is 11.6 Å². The summed E-state index contributed by atoms with van der Waals surface area (Å²) in [5.74, 6) is 1.80. The largest absolute Gasteiger partial charge is 0.343 e. The highest BCUT2D eigenvalue weighted by Crippen LogP contribution is 2.35. The standard InChI is InChI=1S/C17H21N5O/c1-2-14-15(23)10-12-11-18-17(21-9-5-8-19-21)20-16(12)22(14)13-6-3-4-7-13/h5,8-9,11,13-14H,2-4,6-7,10H2,1H3/t14-/m1/s1. The Morgan fingerprint density at radius 3 is 2.83 bits per heavy atom. The van der Waals surface area contributed by atoms with Crippen LogP contribution in [0.3, 0.4) is 0 Å². The van der Waals surface area contributed by atoms with E-state index in [4.69, 9.17) is 4.98 Å². The van der Waals surface area contributed by atoms with Crippen LogP contribution in [-0.2, 0) is 11.2 Å². The quantitative estimate of drug-likeness (QED) is 0.870. The molecule has 1 aliphatic carbocycles. The van der Waals surface area contributed by atoms with Crippen molar-refractivity contribution in [2.45, 2.75) is 57.5 Å². The van der Waals surface area contributed by atoms with Crippen molar-refractivity contribution in [2.75, 3.05) is 4.90 Å². The first-order valence-corrected chi connectivity index (χ1v) is 8.45. The van der Waals surface area contributed by atoms with Gasteiger partial charge in [-0.1, -0.05) is 19.8 Å². The molecular formula is C17H21N5O. The zero-order chi connectivity index (χ0) is 15.8. The van der Waals surface area contributed by atoms with Crippen LogP contribution in [0.1, 0.15) is 44.6 Å². The van der Waals surface area contributed by atoms with Crippen molar-refractivity contribution in [2.24, 2.45) is 0 Å². The van der Waals surface area contributed by atoms with E-state index in [1.54, 1.807) is 17.1 Å². The third-order valence-corrected chi connectivity index (χ3v) is 4.96. The molecule has 4 rings (SSSR count). The number of aromatic nitrogens is 4. The lowest BCUT2D eigenvalue weighted by atomic mass is 9.94. The van der Waals surface area contributed by atoms with E-state index in [0.717, 1.165) is 30.6 Å². The summed E-state index contributed by atoms with van der Waals surface area (Å²) in [7, 11) is 0. The minimum absolute atomic E-state index is 0.0500. The molecule has 3 heterocycles. The Balaban J connectivity index is 1.80. The van der Waals surface area contributed by atoms with Crippen LogP contribution in [0.2, 0.25) is 0 Å². The maximum Gasteiger partial charge on any atom is 0.252 e. The molecule has 1 atom stereocenters. The monoisotopic (exact) mass is 311 g/mol. The molecule has 1 fully saturated rings. The van der Waals surface area contributed by atoms with Gasteiger partial charge >= 0.3 is 0 Å². The molecule has 2 aromatic rings. The second-order valence-corrected chi connectivity index (χ2v) is 6.38. The summed E-state index contributed by atoms with van der Waals surface area (Å²) in [5, 5.41) is 4.22. The molecule has 0 spiro atoms. The SMILES string of the molecule is CC[C@@H]1C(=O)Cc2cnc(-n3cccn3)nc2N1C1CCCC1. The normalized spacial score (nSPS) is 21.7. The average Bonchev–Trinajstić information content (AvgIpc) is 3.26. The Morgan fingerprint density at radius 1 is 1.30 bits per heavy atom. The molecule has 6 nitrogen and oxygen atoms in total. The third-order valence-electron chi connectivity index (χ3n) is 4.96. The van der Waals surface area contributed by atoms with Crippen molar-refractivity contribution in [1.29, 1.82) is 0 Å². The highest BCUT2D eigenvalue weighted by Gasteiger charge is 2.38. The van der Waals surface area contributed by atoms with Gasteiger partial charge in [0.15, 0.2) is 5.78 Å². The van der Waals surface area contributed by atoms with Crippen LogP contribution in [0.4, 0.5) is 5.82 Å². The van der Waals surface area contributed by atoms with Gasteiger partial charge in [-0.25, -0.2) is 9.67 Å². The second kappa shape index (κ2) is 5.76. The number of ketones is 1. The number of hydrogen-bond acceptors (Lipinski definition) is 5. The van der Waals surface area contributed by atoms with E-state index in [1.165, 1.54) is 12.8 Å². The lowest BCUT2D eigenvalue weighted by molar-refractivity contribution is -0.120. The van der Waals surface area contributed by atoms with Crippen LogP contribution in [-0.4, -0.2) is 37.6 Å². The number of fused-ring (bicyclic) bond motifs is 1. The summed E-state index contributed by atoms with van der Waals surface area (Å²) in [5.41, 5.74) is 0.947. The summed E-state index contributed by atoms with van der Waals surface area (Å²) in [4.78, 5) is 24.0. The number of Topliss-reactive ketones (excluding diaryl/α,β-unsaturated/α-hetero) is 1. The van der Waals surface area contributed by atoms with Gasteiger partial charge in [0, 0.05) is 36.6 Å². The van der Waals surface area contributed by atoms with Gasteiger partial charge in [0.2, 0.25) is 0 Å². The highest BCUT2D eigenvalue weighted by molar-refractivity contribution is 5.92. The summed E-state index contributed by atoms with van der Waals surface area (Å²) in [6.07, 6.45) is 11.4. The van der Waals surface area contributed by atoms with Crippen molar-refractivity contribution < 1.29 is 4.79 Å². The molecule has 1 saturated carbocycles. The first-order valence-electron chi connectivity index (χ1n) is 8.45. The Hall–Kier alpha value is -2.24. The third kappa shape index (κ3) is 2.42. The van der Waals surface area contributed by atoms with Gasteiger partial charge in [0.05, 0.1) is 6.04 Å². The predicted molar refractivity (Wildman–Crippen MR) is 86.7 cm³/mol. The van der Waals surface area contributed by atoms with Gasteiger partial charge in [0.1, 0.15) is 5.82 Å². The van der Waals surface area contributed by atoms with Crippen LogP contribution in [0.25, 0.3) is 5.95 Å². The molecule has 0 saturated heterocycles. The first-order chi connectivity index (χ1) is 11.3. The van der Waals surface area contributed by atoms with Gasteiger partial charge in [-0.05, 0) is 25.3 Å². The van der Waals surface area contributed by atoms with Gasteiger partial charge in [0.25, 0.3) is 5.95 Å². The topological polar surface area (TPSA) is 63.9 Å². The van der Waals surface area contributed by atoms with Crippen molar-refractivity contribution in [3.63, 3.8) is 0 Å². The fourth-order valence-corrected chi connectivity index (χ4v) is 3.88. The maximum atomic E-state index is 12.6. The van der Waals surface area contributed by atoms with E-state index in [-0.39, 0.29) is 6.04 Å². The van der Waals surface area contributed by atoms with Crippen molar-refractivity contribution in [3.8, 4) is 5.95 Å². The minimum atomic E-state index is -0.0500. The number of carbonyl (C=O) groups excluding carboxylic acids is 1. The number of anilines is 1. The molecule has 1 aliphatic heterocycles. The fraction of sp³-hybridized carbons (Fsp3) is 0.529. The molecule has 0 aromatic carbocycles. The minimum Gasteiger partial charge on any atom is -0.343 e. The van der Waals surface area contributed by atoms with Crippen LogP contribution in [0.5, 0.6) is 0 Å². The Bertz CT molecular complexity index is 706. The summed E-state index contributed by atoms with van der Waals surface area (Å²) < 4.78 is 1.67. The summed E-state index contributed by atoms with van der Waals surface area (Å²) in [6, 6.07) is 2.23. The number of rotatable bonds is 3. The van der Waals surface area contributed by atoms with E-state index in [1.807, 2.05) is 12.3 Å². The average molecular weight is 311 g/mol. The molecule has 0 unspecified atom stereocenters. The van der Waals surface area contributed by atoms with E-state index in [9.17, 15) is 4.79 Å². The molecule has 0 N–H and O–H groups in total. The zero-order valence-electron chi connectivity index (χ0n) is 13.4. The maximum absolute atomic E-state index is 12.6. The van der Waals surface area contributed by atoms with Gasteiger partial charge in [-0.15, -0.1) is 0 Å². The van der Waals surface area contributed by atoms with Crippen LogP contribution >= 0.6 is 0 Å². The molecular weight excluding hydrogens is 290 g/mol. The van der Waals surface area contributed by atoms with Gasteiger partial charge in [-0.2, -0.15) is 10.1 Å². The lowest BCUT2D eigenvalue weighted by Crippen LogP contribution is -2.50. The lowest BCUT2D eigenvalue weighted by Gasteiger charge is -2.40. The predicted octanol–water partition coefficient (Wildman–Crippen LogP) is 2.32. The number of nitrogens with zero attached hydrogens (tertiary/aromatic N) is 5. The summed E-state index contributed by atoms with van der Waals surface area (Å²) >= 11 is 0. The molecule has 120 valence electrons. The highest BCUT2D eigenvalue weighted by atomic mass is 16.1. The van der Waals surface area contributed by atoms with E-state index < -0.39 is 0 Å². The first kappa shape index (κ1) is 14.4. The van der Waals surface area contributed by atoms with Crippen LogP contribution in [0, 0.1) is 0 Å². The van der Waals surface area contributed by atoms with Gasteiger partial charge in [-0.3, -0.25) is 4.79 Å². The van der Waals surface area contributed by atoms with E-state index in [2.05, 4.69) is 21.9 Å². The molecule has 6 heteroatoms. The fourth-order valence-electron chi connectivity index (χ4n) is 3.88.